The summed E-state index contributed by atoms with van der Waals surface area (Å²) in [5.74, 6) is -0.0634. The van der Waals surface area contributed by atoms with Crippen molar-refractivity contribution in [3.8, 4) is 0 Å². The number of amides is 2. The number of benzene rings is 1. The number of hydrogen-bond donors (Lipinski definition) is 0. The van der Waals surface area contributed by atoms with E-state index in [9.17, 15) is 9.59 Å². The summed E-state index contributed by atoms with van der Waals surface area (Å²) in [4.78, 5) is 25.8. The van der Waals surface area contributed by atoms with Gasteiger partial charge in [-0.25, -0.2) is 0 Å². The monoisotopic (exact) mass is 649 g/mol. The molecule has 0 aromatic heterocycles. The zero-order valence-electron chi connectivity index (χ0n) is 25.6. The third-order valence-corrected chi connectivity index (χ3v) is 6.06. The number of halogens is 1. The molecule has 2 amide bonds. The Bertz CT molecular complexity index is 830. The Labute approximate surface area is 265 Å². The predicted octanol–water partition coefficient (Wildman–Crippen LogP) is 1.69. The van der Waals surface area contributed by atoms with E-state index < -0.39 is 0 Å². The van der Waals surface area contributed by atoms with Gasteiger partial charge in [-0.3, -0.25) is 14.5 Å². The van der Waals surface area contributed by atoms with Crippen LogP contribution in [0, 0.1) is 0 Å². The summed E-state index contributed by atoms with van der Waals surface area (Å²) in [6.07, 6.45) is 0. The van der Waals surface area contributed by atoms with Gasteiger partial charge in [0, 0.05) is 5.88 Å². The first-order valence-corrected chi connectivity index (χ1v) is 15.6. The van der Waals surface area contributed by atoms with E-state index in [1.165, 1.54) is 4.90 Å². The number of carbonyl (C=O) groups excluding carboxylic acids is 2. The lowest BCUT2D eigenvalue weighted by Gasteiger charge is -2.13. The number of imide groups is 1. The first-order valence-electron chi connectivity index (χ1n) is 15.0. The van der Waals surface area contributed by atoms with Crippen molar-refractivity contribution < 1.29 is 57.0 Å². The molecule has 2 rings (SSSR count). The highest BCUT2D eigenvalue weighted by Gasteiger charge is 2.34. The van der Waals surface area contributed by atoms with Gasteiger partial charge in [-0.05, 0) is 12.1 Å². The topological polar surface area (TPSA) is 130 Å². The lowest BCUT2D eigenvalue weighted by molar-refractivity contribution is -0.0263. The van der Waals surface area contributed by atoms with Gasteiger partial charge in [-0.2, -0.15) is 0 Å². The summed E-state index contributed by atoms with van der Waals surface area (Å²) in [5, 5.41) is 0. The maximum absolute atomic E-state index is 12.3. The van der Waals surface area contributed by atoms with Crippen molar-refractivity contribution in [2.75, 3.05) is 145 Å². The first kappa shape index (κ1) is 38.4. The average Bonchev–Trinajstić information content (AvgIpc) is 3.28. The summed E-state index contributed by atoms with van der Waals surface area (Å²) in [5.41, 5.74) is 0.884. The van der Waals surface area contributed by atoms with E-state index in [1.807, 2.05) is 0 Å². The Kier molecular flexibility index (Phi) is 24.1. The molecule has 1 heterocycles. The minimum atomic E-state index is -0.277. The Balaban J connectivity index is 1.19. The largest absolute Gasteiger partial charge is 0.378 e. The van der Waals surface area contributed by atoms with Crippen LogP contribution in [0.5, 0.6) is 0 Å². The Morgan fingerprint density at radius 2 is 0.659 bits per heavy atom. The molecule has 0 bridgehead atoms. The van der Waals surface area contributed by atoms with Crippen LogP contribution in [0.2, 0.25) is 0 Å². The Morgan fingerprint density at radius 3 is 0.932 bits per heavy atom. The van der Waals surface area contributed by atoms with Crippen molar-refractivity contribution in [3.63, 3.8) is 0 Å². The third kappa shape index (κ3) is 18.3. The van der Waals surface area contributed by atoms with E-state index in [-0.39, 0.29) is 25.0 Å². The number of rotatable bonds is 32. The smallest absolute Gasteiger partial charge is 0.261 e. The van der Waals surface area contributed by atoms with Gasteiger partial charge in [0.05, 0.1) is 150 Å². The molecule has 1 aliphatic rings. The fraction of sp³-hybridized carbons (Fsp3) is 0.733. The van der Waals surface area contributed by atoms with Crippen molar-refractivity contribution in [3.05, 3.63) is 35.4 Å². The van der Waals surface area contributed by atoms with E-state index in [4.69, 9.17) is 59.0 Å². The fourth-order valence-electron chi connectivity index (χ4n) is 3.73. The Morgan fingerprint density at radius 1 is 0.409 bits per heavy atom. The van der Waals surface area contributed by atoms with Crippen LogP contribution in [-0.2, 0) is 47.4 Å². The molecule has 0 N–H and O–H groups in total. The van der Waals surface area contributed by atoms with Crippen LogP contribution in [0.4, 0.5) is 0 Å². The molecule has 0 unspecified atom stereocenters. The second-order valence-corrected chi connectivity index (χ2v) is 9.50. The molecule has 0 spiro atoms. The molecule has 252 valence electrons. The molecule has 13 nitrogen and oxygen atoms in total. The molecule has 0 aliphatic carbocycles. The van der Waals surface area contributed by atoms with Gasteiger partial charge in [0.1, 0.15) is 0 Å². The van der Waals surface area contributed by atoms with Gasteiger partial charge >= 0.3 is 0 Å². The molecule has 44 heavy (non-hydrogen) atoms. The average molecular weight is 650 g/mol. The summed E-state index contributed by atoms with van der Waals surface area (Å²) in [7, 11) is 0. The molecule has 0 atom stereocenters. The molecule has 1 aliphatic heterocycles. The van der Waals surface area contributed by atoms with Crippen molar-refractivity contribution in [2.45, 2.75) is 0 Å². The second kappa shape index (κ2) is 27.6. The Hall–Kier alpha value is -1.75. The second-order valence-electron chi connectivity index (χ2n) is 9.12. The maximum atomic E-state index is 12.3. The van der Waals surface area contributed by atoms with E-state index in [0.717, 1.165) is 0 Å². The van der Waals surface area contributed by atoms with E-state index in [2.05, 4.69) is 0 Å². The van der Waals surface area contributed by atoms with Crippen LogP contribution in [0.25, 0.3) is 0 Å². The number of fused-ring (bicyclic) bond motifs is 1. The lowest BCUT2D eigenvalue weighted by Crippen LogP contribution is -2.33. The quantitative estimate of drug-likeness (QED) is 0.0640. The number of hydrogen-bond acceptors (Lipinski definition) is 12. The fourth-order valence-corrected chi connectivity index (χ4v) is 3.84. The zero-order valence-corrected chi connectivity index (χ0v) is 26.3. The molecular formula is C30H48ClNO12. The first-order chi connectivity index (χ1) is 21.8. The number of nitrogens with zero attached hydrogens (tertiary/aromatic N) is 1. The minimum Gasteiger partial charge on any atom is -0.378 e. The highest BCUT2D eigenvalue weighted by Crippen LogP contribution is 2.21. The highest BCUT2D eigenvalue weighted by atomic mass is 35.5. The van der Waals surface area contributed by atoms with Gasteiger partial charge < -0.3 is 47.4 Å². The number of alkyl halides is 1. The normalized spacial score (nSPS) is 12.9. The van der Waals surface area contributed by atoms with Gasteiger partial charge in [-0.1, -0.05) is 12.1 Å². The minimum absolute atomic E-state index is 0.215. The van der Waals surface area contributed by atoms with Crippen LogP contribution in [0.15, 0.2) is 24.3 Å². The molecule has 0 radical (unpaired) electrons. The van der Waals surface area contributed by atoms with Crippen molar-refractivity contribution in [1.29, 1.82) is 0 Å². The SMILES string of the molecule is O=C1c2ccccc2C(=O)N1CCOCCOCCOCCOCCOCCOCCOCCOCCOCCOCCCl. The van der Waals surface area contributed by atoms with Crippen LogP contribution < -0.4 is 0 Å². The zero-order chi connectivity index (χ0) is 31.3. The van der Waals surface area contributed by atoms with Crippen LogP contribution in [0.1, 0.15) is 20.7 Å². The summed E-state index contributed by atoms with van der Waals surface area (Å²) in [6, 6.07) is 6.82. The number of carbonyl (C=O) groups is 2. The van der Waals surface area contributed by atoms with Gasteiger partial charge in [-0.15, -0.1) is 11.6 Å². The van der Waals surface area contributed by atoms with Crippen LogP contribution in [-0.4, -0.2) is 161 Å². The van der Waals surface area contributed by atoms with Gasteiger partial charge in [0.2, 0.25) is 0 Å². The highest BCUT2D eigenvalue weighted by molar-refractivity contribution is 6.21. The molecule has 14 heteroatoms. The molecular weight excluding hydrogens is 602 g/mol. The van der Waals surface area contributed by atoms with Gasteiger partial charge in [0.25, 0.3) is 11.8 Å². The van der Waals surface area contributed by atoms with E-state index >= 15 is 0 Å². The molecule has 0 fully saturated rings. The van der Waals surface area contributed by atoms with Crippen molar-refractivity contribution in [1.82, 2.24) is 4.90 Å². The third-order valence-electron chi connectivity index (χ3n) is 5.91. The standard InChI is InChI=1S/C30H48ClNO12/c31-5-7-35-9-11-37-13-15-39-17-19-41-21-23-43-25-26-44-24-22-42-20-18-40-16-14-38-12-10-36-8-6-32-29(33)27-3-1-2-4-28(27)30(32)34/h1-4H,5-26H2. The maximum Gasteiger partial charge on any atom is 0.261 e. The van der Waals surface area contributed by atoms with E-state index in [0.29, 0.717) is 143 Å². The van der Waals surface area contributed by atoms with E-state index in [1.54, 1.807) is 24.3 Å². The summed E-state index contributed by atoms with van der Waals surface area (Å²) >= 11 is 5.51. The van der Waals surface area contributed by atoms with Gasteiger partial charge in [0.15, 0.2) is 0 Å². The summed E-state index contributed by atoms with van der Waals surface area (Å²) < 4.78 is 54.2. The predicted molar refractivity (Wildman–Crippen MR) is 161 cm³/mol. The van der Waals surface area contributed by atoms with Crippen LogP contribution in [0.3, 0.4) is 0 Å². The molecule has 0 saturated heterocycles. The molecule has 0 saturated carbocycles. The molecule has 1 aromatic carbocycles. The summed E-state index contributed by atoms with van der Waals surface area (Å²) in [6.45, 7) is 9.68. The van der Waals surface area contributed by atoms with Crippen LogP contribution >= 0.6 is 11.6 Å². The number of ether oxygens (including phenoxy) is 10. The van der Waals surface area contributed by atoms with Crippen molar-refractivity contribution >= 4 is 23.4 Å². The van der Waals surface area contributed by atoms with Crippen molar-refractivity contribution in [2.24, 2.45) is 0 Å². The molecule has 1 aromatic rings. The lowest BCUT2D eigenvalue weighted by atomic mass is 10.1.